The highest BCUT2D eigenvalue weighted by atomic mass is 32.1. The second kappa shape index (κ2) is 10.4. The number of benzene rings is 1. The minimum absolute atomic E-state index is 0.109. The van der Waals surface area contributed by atoms with Gasteiger partial charge in [-0.3, -0.25) is 14.5 Å². The maximum Gasteiger partial charge on any atom is 0.265 e. The first kappa shape index (κ1) is 22.0. The molecule has 31 heavy (non-hydrogen) atoms. The van der Waals surface area contributed by atoms with E-state index in [0.717, 1.165) is 69.0 Å². The first-order valence-electron chi connectivity index (χ1n) is 11.3. The summed E-state index contributed by atoms with van der Waals surface area (Å²) in [7, 11) is 0. The molecule has 2 saturated heterocycles. The smallest absolute Gasteiger partial charge is 0.265 e. The summed E-state index contributed by atoms with van der Waals surface area (Å²) in [5.74, 6) is 0.804. The topological polar surface area (TPSA) is 65.5 Å². The van der Waals surface area contributed by atoms with E-state index in [1.165, 1.54) is 16.9 Å². The fraction of sp³-hybridized carbons (Fsp3) is 0.542. The second-order valence-corrected chi connectivity index (χ2v) is 9.67. The van der Waals surface area contributed by atoms with Gasteiger partial charge in [-0.15, -0.1) is 11.3 Å². The predicted octanol–water partition coefficient (Wildman–Crippen LogP) is 3.47. The molecular formula is C24H32N4O2S. The zero-order valence-corrected chi connectivity index (χ0v) is 19.1. The Morgan fingerprint density at radius 3 is 2.61 bits per heavy atom. The lowest BCUT2D eigenvalue weighted by atomic mass is 9.92. The molecule has 0 aliphatic carbocycles. The van der Waals surface area contributed by atoms with Crippen molar-refractivity contribution in [1.29, 1.82) is 0 Å². The van der Waals surface area contributed by atoms with Gasteiger partial charge in [0.25, 0.3) is 5.91 Å². The van der Waals surface area contributed by atoms with Crippen LogP contribution in [0.15, 0.2) is 35.8 Å². The standard InChI is InChI=1S/C24H32N4O2S/c1-18-23(31-17-25-18)24(30)28-13-9-19(10-14-28)7-8-22(29)26-21-11-12-27(16-21)15-20-5-3-2-4-6-20/h2-6,17,19,21H,7-16H2,1H3,(H,26,29)/t21-/m0/s1. The summed E-state index contributed by atoms with van der Waals surface area (Å²) in [4.78, 5) is 34.4. The highest BCUT2D eigenvalue weighted by Gasteiger charge is 2.27. The van der Waals surface area contributed by atoms with Gasteiger partial charge in [0.1, 0.15) is 4.88 Å². The molecule has 6 nitrogen and oxygen atoms in total. The molecule has 166 valence electrons. The van der Waals surface area contributed by atoms with Crippen molar-refractivity contribution >= 4 is 23.2 Å². The van der Waals surface area contributed by atoms with Gasteiger partial charge in [-0.05, 0) is 44.1 Å². The molecule has 7 heteroatoms. The molecule has 1 atom stereocenters. The van der Waals surface area contributed by atoms with Crippen molar-refractivity contribution in [3.63, 3.8) is 0 Å². The first-order chi connectivity index (χ1) is 15.1. The Morgan fingerprint density at radius 1 is 1.13 bits per heavy atom. The molecule has 2 fully saturated rings. The summed E-state index contributed by atoms with van der Waals surface area (Å²) in [6.45, 7) is 6.36. The van der Waals surface area contributed by atoms with Crippen molar-refractivity contribution in [2.75, 3.05) is 26.2 Å². The van der Waals surface area contributed by atoms with E-state index in [0.29, 0.717) is 12.3 Å². The fourth-order valence-electron chi connectivity index (χ4n) is 4.65. The summed E-state index contributed by atoms with van der Waals surface area (Å²) >= 11 is 1.42. The van der Waals surface area contributed by atoms with Gasteiger partial charge in [0.2, 0.25) is 5.91 Å². The number of aryl methyl sites for hydroxylation is 1. The first-order valence-corrected chi connectivity index (χ1v) is 12.2. The van der Waals surface area contributed by atoms with Crippen LogP contribution >= 0.6 is 11.3 Å². The number of piperidine rings is 1. The van der Waals surface area contributed by atoms with E-state index in [1.54, 1.807) is 5.51 Å². The normalized spacial score (nSPS) is 20.2. The molecule has 2 aromatic rings. The zero-order valence-electron chi connectivity index (χ0n) is 18.3. The van der Waals surface area contributed by atoms with Crippen molar-refractivity contribution in [3.8, 4) is 0 Å². The maximum atomic E-state index is 12.6. The number of hydrogen-bond donors (Lipinski definition) is 1. The highest BCUT2D eigenvalue weighted by Crippen LogP contribution is 2.25. The summed E-state index contributed by atoms with van der Waals surface area (Å²) in [5.41, 5.74) is 3.88. The molecule has 4 rings (SSSR count). The molecule has 0 radical (unpaired) electrons. The largest absolute Gasteiger partial charge is 0.352 e. The van der Waals surface area contributed by atoms with Gasteiger partial charge in [0, 0.05) is 45.2 Å². The van der Waals surface area contributed by atoms with Crippen LogP contribution in [0.25, 0.3) is 0 Å². The number of hydrogen-bond acceptors (Lipinski definition) is 5. The molecule has 2 aliphatic heterocycles. The number of carbonyl (C=O) groups is 2. The van der Waals surface area contributed by atoms with E-state index in [9.17, 15) is 9.59 Å². The van der Waals surface area contributed by atoms with Crippen LogP contribution in [-0.4, -0.2) is 58.8 Å². The number of thiazole rings is 1. The monoisotopic (exact) mass is 440 g/mol. The molecule has 1 aromatic heterocycles. The van der Waals surface area contributed by atoms with Gasteiger partial charge in [-0.25, -0.2) is 4.98 Å². The number of nitrogens with zero attached hydrogens (tertiary/aromatic N) is 3. The lowest BCUT2D eigenvalue weighted by molar-refractivity contribution is -0.122. The molecule has 2 aliphatic rings. The summed E-state index contributed by atoms with van der Waals surface area (Å²) in [6.07, 6.45) is 4.47. The van der Waals surface area contributed by atoms with Gasteiger partial charge in [0.05, 0.1) is 11.2 Å². The van der Waals surface area contributed by atoms with E-state index < -0.39 is 0 Å². The van der Waals surface area contributed by atoms with E-state index in [2.05, 4.69) is 39.5 Å². The van der Waals surface area contributed by atoms with Crippen LogP contribution in [0.4, 0.5) is 0 Å². The average molecular weight is 441 g/mol. The SMILES string of the molecule is Cc1ncsc1C(=O)N1CCC(CCC(=O)N[C@H]2CCN(Cc3ccccc3)C2)CC1. The Hall–Kier alpha value is -2.25. The molecular weight excluding hydrogens is 408 g/mol. The van der Waals surface area contributed by atoms with Crippen molar-refractivity contribution in [2.24, 2.45) is 5.92 Å². The molecule has 3 heterocycles. The summed E-state index contributed by atoms with van der Waals surface area (Å²) < 4.78 is 0. The van der Waals surface area contributed by atoms with Crippen LogP contribution in [0.1, 0.15) is 53.0 Å². The lowest BCUT2D eigenvalue weighted by Crippen LogP contribution is -2.39. The Morgan fingerprint density at radius 2 is 1.90 bits per heavy atom. The van der Waals surface area contributed by atoms with Crippen LogP contribution in [0, 0.1) is 12.8 Å². The minimum Gasteiger partial charge on any atom is -0.352 e. The Balaban J connectivity index is 1.13. The third-order valence-electron chi connectivity index (χ3n) is 6.51. The second-order valence-electron chi connectivity index (χ2n) is 8.81. The zero-order chi connectivity index (χ0) is 21.6. The van der Waals surface area contributed by atoms with Crippen molar-refractivity contribution in [2.45, 2.75) is 51.6 Å². The lowest BCUT2D eigenvalue weighted by Gasteiger charge is -2.31. The maximum absolute atomic E-state index is 12.6. The fourth-order valence-corrected chi connectivity index (χ4v) is 5.42. The number of carbonyl (C=O) groups excluding carboxylic acids is 2. The van der Waals surface area contributed by atoms with Gasteiger partial charge in [-0.1, -0.05) is 30.3 Å². The number of aromatic nitrogens is 1. The Kier molecular flexibility index (Phi) is 7.35. The molecule has 2 amide bonds. The Labute approximate surface area is 188 Å². The average Bonchev–Trinajstić information content (AvgIpc) is 3.41. The van der Waals surface area contributed by atoms with Crippen molar-refractivity contribution < 1.29 is 9.59 Å². The van der Waals surface area contributed by atoms with Crippen molar-refractivity contribution in [1.82, 2.24) is 20.1 Å². The quantitative estimate of drug-likeness (QED) is 0.716. The van der Waals surface area contributed by atoms with Gasteiger partial charge in [-0.2, -0.15) is 0 Å². The van der Waals surface area contributed by atoms with Crippen LogP contribution in [-0.2, 0) is 11.3 Å². The molecule has 1 N–H and O–H groups in total. The Bertz CT molecular complexity index is 877. The van der Waals surface area contributed by atoms with Gasteiger partial charge in [0.15, 0.2) is 0 Å². The van der Waals surface area contributed by atoms with E-state index in [1.807, 2.05) is 17.9 Å². The van der Waals surface area contributed by atoms with Gasteiger partial charge < -0.3 is 10.2 Å². The summed E-state index contributed by atoms with van der Waals surface area (Å²) in [6, 6.07) is 10.8. The van der Waals surface area contributed by atoms with Crippen LogP contribution in [0.3, 0.4) is 0 Å². The molecule has 0 saturated carbocycles. The molecule has 0 bridgehead atoms. The third-order valence-corrected chi connectivity index (χ3v) is 7.42. The number of likely N-dealkylation sites (tertiary alicyclic amines) is 2. The predicted molar refractivity (Wildman–Crippen MR) is 123 cm³/mol. The molecule has 0 unspecified atom stereocenters. The van der Waals surface area contributed by atoms with Gasteiger partial charge >= 0.3 is 0 Å². The van der Waals surface area contributed by atoms with Crippen LogP contribution in [0.5, 0.6) is 0 Å². The third kappa shape index (κ3) is 5.92. The minimum atomic E-state index is 0.109. The highest BCUT2D eigenvalue weighted by molar-refractivity contribution is 7.11. The van der Waals surface area contributed by atoms with Crippen LogP contribution < -0.4 is 5.32 Å². The van der Waals surface area contributed by atoms with E-state index >= 15 is 0 Å². The van der Waals surface area contributed by atoms with Crippen molar-refractivity contribution in [3.05, 3.63) is 52.0 Å². The molecule has 0 spiro atoms. The number of nitrogens with one attached hydrogen (secondary N) is 1. The molecule has 1 aromatic carbocycles. The summed E-state index contributed by atoms with van der Waals surface area (Å²) in [5, 5.41) is 3.24. The number of rotatable bonds is 7. The van der Waals surface area contributed by atoms with Crippen LogP contribution in [0.2, 0.25) is 0 Å². The van der Waals surface area contributed by atoms with E-state index in [4.69, 9.17) is 0 Å². The van der Waals surface area contributed by atoms with E-state index in [-0.39, 0.29) is 17.9 Å². The number of amides is 2.